The van der Waals surface area contributed by atoms with Crippen LogP contribution in [-0.2, 0) is 4.79 Å². The zero-order valence-electron chi connectivity index (χ0n) is 16.6. The number of amides is 1. The number of piperidine rings is 1. The van der Waals surface area contributed by atoms with Crippen LogP contribution in [0.15, 0.2) is 41.3 Å². The van der Waals surface area contributed by atoms with Crippen molar-refractivity contribution in [1.82, 2.24) is 29.5 Å². The van der Waals surface area contributed by atoms with E-state index in [4.69, 9.17) is 0 Å². The summed E-state index contributed by atoms with van der Waals surface area (Å²) in [4.78, 5) is 35.6. The maximum Gasteiger partial charge on any atom is 0.263 e. The molecule has 0 bridgehead atoms. The van der Waals surface area contributed by atoms with Crippen molar-refractivity contribution in [3.8, 4) is 5.69 Å². The first kappa shape index (κ1) is 19.1. The fourth-order valence-corrected chi connectivity index (χ4v) is 3.51. The fraction of sp³-hybridized carbons (Fsp3) is 0.400. The van der Waals surface area contributed by atoms with E-state index in [1.807, 2.05) is 30.3 Å². The Hall–Kier alpha value is -3.20. The average Bonchev–Trinajstić information content (AvgIpc) is 3.14. The molecule has 3 aromatic rings. The van der Waals surface area contributed by atoms with Gasteiger partial charge in [0.05, 0.1) is 18.4 Å². The highest BCUT2D eigenvalue weighted by atomic mass is 16.2. The van der Waals surface area contributed by atoms with Crippen LogP contribution >= 0.6 is 0 Å². The molecule has 0 unspecified atom stereocenters. The molecule has 1 aliphatic rings. The molecule has 152 valence electrons. The monoisotopic (exact) mass is 395 g/mol. The van der Waals surface area contributed by atoms with E-state index in [9.17, 15) is 9.59 Å². The molecule has 1 fully saturated rings. The van der Waals surface area contributed by atoms with E-state index in [1.165, 1.54) is 6.20 Å². The third-order valence-corrected chi connectivity index (χ3v) is 5.22. The van der Waals surface area contributed by atoms with Crippen molar-refractivity contribution < 1.29 is 4.79 Å². The van der Waals surface area contributed by atoms with Crippen molar-refractivity contribution >= 4 is 22.9 Å². The number of carbonyl (C=O) groups is 1. The number of nitrogens with zero attached hydrogens (tertiary/aromatic N) is 5. The number of likely N-dealkylation sites (tertiary alicyclic amines) is 1. The van der Waals surface area contributed by atoms with Gasteiger partial charge in [0.25, 0.3) is 5.56 Å². The lowest BCUT2D eigenvalue weighted by atomic mass is 10.1. The normalized spacial score (nSPS) is 15.5. The van der Waals surface area contributed by atoms with Crippen LogP contribution in [0.5, 0.6) is 0 Å². The van der Waals surface area contributed by atoms with Crippen molar-refractivity contribution in [2.24, 2.45) is 0 Å². The number of hydrogen-bond donors (Lipinski definition) is 2. The molecule has 0 radical (unpaired) electrons. The summed E-state index contributed by atoms with van der Waals surface area (Å²) in [5.74, 6) is 0.560. The fourth-order valence-electron chi connectivity index (χ4n) is 3.51. The van der Waals surface area contributed by atoms with E-state index in [-0.39, 0.29) is 17.5 Å². The number of carbonyl (C=O) groups excluding carboxylic acids is 1. The molecular weight excluding hydrogens is 370 g/mol. The van der Waals surface area contributed by atoms with E-state index in [0.717, 1.165) is 31.6 Å². The smallest absolute Gasteiger partial charge is 0.263 e. The van der Waals surface area contributed by atoms with Gasteiger partial charge in [-0.05, 0) is 25.0 Å². The summed E-state index contributed by atoms with van der Waals surface area (Å²) >= 11 is 0. The molecule has 1 aromatic carbocycles. The summed E-state index contributed by atoms with van der Waals surface area (Å²) in [6.45, 7) is 2.09. The van der Waals surface area contributed by atoms with E-state index < -0.39 is 0 Å². The van der Waals surface area contributed by atoms with Crippen molar-refractivity contribution in [3.05, 3.63) is 46.9 Å². The Morgan fingerprint density at radius 1 is 1.24 bits per heavy atom. The van der Waals surface area contributed by atoms with Gasteiger partial charge in [-0.15, -0.1) is 0 Å². The molecule has 0 spiro atoms. The predicted molar refractivity (Wildman–Crippen MR) is 111 cm³/mol. The molecule has 1 aliphatic heterocycles. The first-order valence-corrected chi connectivity index (χ1v) is 9.74. The van der Waals surface area contributed by atoms with Gasteiger partial charge in [0.1, 0.15) is 5.39 Å². The first-order valence-electron chi connectivity index (χ1n) is 9.74. The maximum atomic E-state index is 12.5. The summed E-state index contributed by atoms with van der Waals surface area (Å²) in [5.41, 5.74) is 1.16. The molecule has 29 heavy (non-hydrogen) atoms. The van der Waals surface area contributed by atoms with Crippen LogP contribution in [0.2, 0.25) is 0 Å². The number of para-hydroxylation sites is 1. The Labute approximate surface area is 168 Å². The van der Waals surface area contributed by atoms with Crippen LogP contribution < -0.4 is 10.9 Å². The van der Waals surface area contributed by atoms with Crippen LogP contribution in [0.4, 0.5) is 5.95 Å². The van der Waals surface area contributed by atoms with E-state index in [0.29, 0.717) is 23.5 Å². The quantitative estimate of drug-likeness (QED) is 0.671. The van der Waals surface area contributed by atoms with Gasteiger partial charge in [0.2, 0.25) is 11.9 Å². The number of nitrogens with one attached hydrogen (secondary N) is 2. The highest BCUT2D eigenvalue weighted by molar-refractivity contribution is 5.77. The van der Waals surface area contributed by atoms with Gasteiger partial charge in [-0.3, -0.25) is 19.5 Å². The summed E-state index contributed by atoms with van der Waals surface area (Å²) in [5, 5.41) is 8.13. The number of aromatic amines is 1. The van der Waals surface area contributed by atoms with Crippen molar-refractivity contribution in [3.63, 3.8) is 0 Å². The lowest BCUT2D eigenvalue weighted by molar-refractivity contribution is -0.130. The van der Waals surface area contributed by atoms with Gasteiger partial charge in [0, 0.05) is 33.2 Å². The minimum Gasteiger partial charge on any atom is -0.353 e. The lowest BCUT2D eigenvalue weighted by Crippen LogP contribution is -2.44. The second-order valence-electron chi connectivity index (χ2n) is 7.53. The second-order valence-corrected chi connectivity index (χ2v) is 7.53. The van der Waals surface area contributed by atoms with Crippen molar-refractivity contribution in [1.29, 1.82) is 0 Å². The number of benzene rings is 1. The van der Waals surface area contributed by atoms with Gasteiger partial charge in [-0.2, -0.15) is 10.1 Å². The molecule has 0 aliphatic carbocycles. The van der Waals surface area contributed by atoms with Crippen LogP contribution in [0.25, 0.3) is 16.7 Å². The summed E-state index contributed by atoms with van der Waals surface area (Å²) in [6, 6.07) is 9.81. The SMILES string of the molecule is CN(C)C(=O)CN1CCC(Nc2nc3c(cnn3-c3ccccc3)c(=O)[nH]2)CC1. The maximum absolute atomic E-state index is 12.5. The van der Waals surface area contributed by atoms with Gasteiger partial charge in [-0.25, -0.2) is 4.68 Å². The Morgan fingerprint density at radius 2 is 1.97 bits per heavy atom. The van der Waals surface area contributed by atoms with Crippen LogP contribution in [-0.4, -0.2) is 75.2 Å². The molecule has 4 rings (SSSR count). The third kappa shape index (κ3) is 4.14. The molecule has 2 aromatic heterocycles. The number of aromatic nitrogens is 4. The second kappa shape index (κ2) is 8.04. The summed E-state index contributed by atoms with van der Waals surface area (Å²) in [6.07, 6.45) is 3.29. The number of anilines is 1. The molecule has 1 amide bonds. The highest BCUT2D eigenvalue weighted by Crippen LogP contribution is 2.17. The van der Waals surface area contributed by atoms with Crippen molar-refractivity contribution in [2.75, 3.05) is 39.0 Å². The lowest BCUT2D eigenvalue weighted by Gasteiger charge is -2.32. The largest absolute Gasteiger partial charge is 0.353 e. The van der Waals surface area contributed by atoms with Gasteiger partial charge in [-0.1, -0.05) is 18.2 Å². The molecule has 0 atom stereocenters. The minimum atomic E-state index is -0.214. The molecule has 1 saturated heterocycles. The van der Waals surface area contributed by atoms with Gasteiger partial charge >= 0.3 is 0 Å². The highest BCUT2D eigenvalue weighted by Gasteiger charge is 2.22. The number of hydrogen-bond acceptors (Lipinski definition) is 6. The number of rotatable bonds is 5. The van der Waals surface area contributed by atoms with E-state index >= 15 is 0 Å². The Kier molecular flexibility index (Phi) is 5.30. The Bertz CT molecular complexity index is 1050. The number of fused-ring (bicyclic) bond motifs is 1. The standard InChI is InChI=1S/C20H25N7O2/c1-25(2)17(28)13-26-10-8-14(9-11-26)22-20-23-18-16(19(29)24-20)12-21-27(18)15-6-4-3-5-7-15/h3-7,12,14H,8-11,13H2,1-2H3,(H2,22,23,24,29). The number of H-pyrrole nitrogens is 1. The van der Waals surface area contributed by atoms with Crippen LogP contribution in [0, 0.1) is 0 Å². The average molecular weight is 395 g/mol. The van der Waals surface area contributed by atoms with Crippen molar-refractivity contribution in [2.45, 2.75) is 18.9 Å². The Balaban J connectivity index is 1.48. The van der Waals surface area contributed by atoms with Crippen LogP contribution in [0.1, 0.15) is 12.8 Å². The zero-order chi connectivity index (χ0) is 20.4. The molecule has 0 saturated carbocycles. The van der Waals surface area contributed by atoms with E-state index in [2.05, 4.69) is 25.3 Å². The minimum absolute atomic E-state index is 0.113. The van der Waals surface area contributed by atoms with Gasteiger partial charge < -0.3 is 10.2 Å². The zero-order valence-corrected chi connectivity index (χ0v) is 16.6. The first-order chi connectivity index (χ1) is 14.0. The molecular formula is C20H25N7O2. The molecule has 3 heterocycles. The van der Waals surface area contributed by atoms with E-state index in [1.54, 1.807) is 23.7 Å². The molecule has 2 N–H and O–H groups in total. The third-order valence-electron chi connectivity index (χ3n) is 5.22. The summed E-state index contributed by atoms with van der Waals surface area (Å²) < 4.78 is 1.67. The summed E-state index contributed by atoms with van der Waals surface area (Å²) in [7, 11) is 3.55. The van der Waals surface area contributed by atoms with Gasteiger partial charge in [0.15, 0.2) is 5.65 Å². The van der Waals surface area contributed by atoms with Crippen LogP contribution in [0.3, 0.4) is 0 Å². The topological polar surface area (TPSA) is 99.2 Å². The predicted octanol–water partition coefficient (Wildman–Crippen LogP) is 1.07. The Morgan fingerprint density at radius 3 is 2.66 bits per heavy atom. The molecule has 9 heteroatoms. The number of likely N-dealkylation sites (N-methyl/N-ethyl adjacent to an activating group) is 1. The molecule has 9 nitrogen and oxygen atoms in total.